The van der Waals surface area contributed by atoms with Crippen molar-refractivity contribution in [3.8, 4) is 34.1 Å². The van der Waals surface area contributed by atoms with Crippen molar-refractivity contribution in [3.05, 3.63) is 132 Å². The van der Waals surface area contributed by atoms with Crippen molar-refractivity contribution in [2.75, 3.05) is 0 Å². The van der Waals surface area contributed by atoms with E-state index in [1.54, 1.807) is 18.3 Å². The number of benzene rings is 4. The molecule has 44 heavy (non-hydrogen) atoms. The van der Waals surface area contributed by atoms with Crippen molar-refractivity contribution in [2.24, 2.45) is 0 Å². The average Bonchev–Trinajstić information content (AvgIpc) is 3.53. The van der Waals surface area contributed by atoms with Gasteiger partial charge in [-0.05, 0) is 66.6 Å². The van der Waals surface area contributed by atoms with Gasteiger partial charge >= 0.3 is 21.1 Å². The van der Waals surface area contributed by atoms with Crippen LogP contribution in [0.15, 0.2) is 103 Å². The number of aryl methyl sites for hydroxylation is 1. The van der Waals surface area contributed by atoms with E-state index in [-0.39, 0.29) is 21.1 Å². The zero-order valence-electron chi connectivity index (χ0n) is 26.0. The molecule has 1 atom stereocenters. The molecule has 7 rings (SSSR count). The molecule has 0 spiro atoms. The van der Waals surface area contributed by atoms with Gasteiger partial charge in [-0.25, -0.2) is 4.98 Å². The van der Waals surface area contributed by atoms with Crippen molar-refractivity contribution in [1.82, 2.24) is 19.3 Å². The van der Waals surface area contributed by atoms with Gasteiger partial charge in [-0.2, -0.15) is 17.2 Å². The van der Waals surface area contributed by atoms with Gasteiger partial charge in [-0.15, -0.1) is 35.7 Å². The van der Waals surface area contributed by atoms with E-state index in [1.807, 2.05) is 54.1 Å². The molecule has 0 saturated carbocycles. The van der Waals surface area contributed by atoms with Gasteiger partial charge in [-0.3, -0.25) is 4.68 Å². The van der Waals surface area contributed by atoms with Crippen LogP contribution in [0.4, 0.5) is 0 Å². The van der Waals surface area contributed by atoms with Crippen molar-refractivity contribution in [3.63, 3.8) is 0 Å². The van der Waals surface area contributed by atoms with Gasteiger partial charge in [0.05, 0.1) is 7.06 Å². The maximum absolute atomic E-state index is 8.23. The van der Waals surface area contributed by atoms with Crippen LogP contribution in [0, 0.1) is 26.0 Å². The van der Waals surface area contributed by atoms with Gasteiger partial charge in [0, 0.05) is 34.5 Å². The van der Waals surface area contributed by atoms with Crippen LogP contribution in [0.25, 0.3) is 44.4 Å². The number of fused-ring (bicyclic) bond motifs is 3. The SMILES string of the molecule is [2H]c1ccnc(-n2c3[c-]c(Oc4[c-]c(-n5nc(C)c(-c6ccccc6)c5C)ccc4)ccc3c3cc(C(C)CC)ccc32)c1.[Pt+2]. The molecule has 220 valence electrons. The Morgan fingerprint density at radius 3 is 2.50 bits per heavy atom. The van der Waals surface area contributed by atoms with Crippen molar-refractivity contribution in [2.45, 2.75) is 40.0 Å². The predicted molar refractivity (Wildman–Crippen MR) is 174 cm³/mol. The molecule has 0 radical (unpaired) electrons. The third-order valence-corrected chi connectivity index (χ3v) is 8.23. The Balaban J connectivity index is 0.00000357. The van der Waals surface area contributed by atoms with E-state index in [4.69, 9.17) is 11.2 Å². The molecule has 7 aromatic rings. The van der Waals surface area contributed by atoms with Crippen LogP contribution in [0.2, 0.25) is 0 Å². The Kier molecular flexibility index (Phi) is 7.89. The molecule has 6 heteroatoms. The number of rotatable bonds is 7. The monoisotopic (exact) mass is 756 g/mol. The molecule has 3 heterocycles. The van der Waals surface area contributed by atoms with Crippen LogP contribution in [0.3, 0.4) is 0 Å². The third kappa shape index (κ3) is 5.26. The normalized spacial score (nSPS) is 12.2. The summed E-state index contributed by atoms with van der Waals surface area (Å²) in [6.07, 6.45) is 2.74. The van der Waals surface area contributed by atoms with E-state index in [2.05, 4.69) is 78.9 Å². The molecule has 0 amide bonds. The number of nitrogens with zero attached hydrogens (tertiary/aromatic N) is 4. The molecule has 0 N–H and O–H groups in total. The first-order valence-electron chi connectivity index (χ1n) is 15.2. The summed E-state index contributed by atoms with van der Waals surface area (Å²) >= 11 is 0. The van der Waals surface area contributed by atoms with E-state index < -0.39 is 0 Å². The number of aromatic nitrogens is 4. The van der Waals surface area contributed by atoms with E-state index in [9.17, 15) is 0 Å². The summed E-state index contributed by atoms with van der Waals surface area (Å²) < 4.78 is 18.6. The second-order valence-electron chi connectivity index (χ2n) is 10.9. The van der Waals surface area contributed by atoms with Gasteiger partial charge in [-0.1, -0.05) is 67.9 Å². The zero-order chi connectivity index (χ0) is 30.4. The van der Waals surface area contributed by atoms with Gasteiger partial charge in [0.1, 0.15) is 5.82 Å². The Hall–Kier alpha value is -4.47. The van der Waals surface area contributed by atoms with Crippen molar-refractivity contribution < 1.29 is 27.2 Å². The smallest absolute Gasteiger partial charge is 0.509 e. The number of hydrogen-bond acceptors (Lipinski definition) is 3. The molecule has 4 aromatic carbocycles. The van der Waals surface area contributed by atoms with Crippen LogP contribution in [-0.2, 0) is 21.1 Å². The van der Waals surface area contributed by atoms with Crippen molar-refractivity contribution in [1.29, 1.82) is 0 Å². The minimum atomic E-state index is 0. The Morgan fingerprint density at radius 2 is 1.70 bits per heavy atom. The fraction of sp³-hybridized carbons (Fsp3) is 0.158. The molecule has 0 aliphatic rings. The quantitative estimate of drug-likeness (QED) is 0.152. The summed E-state index contributed by atoms with van der Waals surface area (Å²) in [4.78, 5) is 4.62. The molecule has 5 nitrogen and oxygen atoms in total. The summed E-state index contributed by atoms with van der Waals surface area (Å²) in [5, 5.41) is 7.03. The molecule has 3 aromatic heterocycles. The third-order valence-electron chi connectivity index (χ3n) is 8.23. The summed E-state index contributed by atoms with van der Waals surface area (Å²) in [6.45, 7) is 8.58. The number of pyridine rings is 1. The molecule has 0 aliphatic heterocycles. The fourth-order valence-corrected chi connectivity index (χ4v) is 5.86. The van der Waals surface area contributed by atoms with E-state index in [0.29, 0.717) is 29.3 Å². The first-order valence-corrected chi connectivity index (χ1v) is 14.7. The van der Waals surface area contributed by atoms with Gasteiger partial charge in [0.25, 0.3) is 0 Å². The number of ether oxygens (including phenoxy) is 1. The van der Waals surface area contributed by atoms with Gasteiger partial charge < -0.3 is 9.30 Å². The van der Waals surface area contributed by atoms with Gasteiger partial charge in [0.2, 0.25) is 0 Å². The maximum atomic E-state index is 8.23. The molecular formula is C38H32N4OPt. The van der Waals surface area contributed by atoms with Crippen LogP contribution >= 0.6 is 0 Å². The topological polar surface area (TPSA) is 44.9 Å². The van der Waals surface area contributed by atoms with Crippen LogP contribution in [-0.4, -0.2) is 19.3 Å². The average molecular weight is 757 g/mol. The summed E-state index contributed by atoms with van der Waals surface area (Å²) in [7, 11) is 0. The minimum Gasteiger partial charge on any atom is -0.509 e. The first kappa shape index (κ1) is 28.3. The fourth-order valence-electron chi connectivity index (χ4n) is 5.86. The Bertz CT molecular complexity index is 2150. The minimum absolute atomic E-state index is 0. The zero-order valence-corrected chi connectivity index (χ0v) is 27.3. The summed E-state index contributed by atoms with van der Waals surface area (Å²) in [5.41, 5.74) is 8.23. The second kappa shape index (κ2) is 12.3. The Labute approximate surface area is 273 Å². The second-order valence-corrected chi connectivity index (χ2v) is 10.9. The molecule has 0 bridgehead atoms. The van der Waals surface area contributed by atoms with E-state index >= 15 is 0 Å². The van der Waals surface area contributed by atoms with Crippen LogP contribution < -0.4 is 4.74 Å². The molecular weight excluding hydrogens is 724 g/mol. The summed E-state index contributed by atoms with van der Waals surface area (Å²) in [6, 6.07) is 37.6. The molecule has 1 unspecified atom stereocenters. The summed E-state index contributed by atoms with van der Waals surface area (Å²) in [5.74, 6) is 2.26. The maximum Gasteiger partial charge on any atom is 2.00 e. The van der Waals surface area contributed by atoms with Gasteiger partial charge in [0.15, 0.2) is 0 Å². The largest absolute Gasteiger partial charge is 2.00 e. The molecule has 0 aliphatic carbocycles. The number of hydrogen-bond donors (Lipinski definition) is 0. The van der Waals surface area contributed by atoms with Crippen LogP contribution in [0.1, 0.15) is 44.5 Å². The van der Waals surface area contributed by atoms with E-state index in [1.165, 1.54) is 5.56 Å². The predicted octanol–water partition coefficient (Wildman–Crippen LogP) is 9.55. The first-order chi connectivity index (χ1) is 21.4. The Morgan fingerprint density at radius 1 is 0.886 bits per heavy atom. The molecule has 0 saturated heterocycles. The van der Waals surface area contributed by atoms with Crippen LogP contribution in [0.5, 0.6) is 11.5 Å². The van der Waals surface area contributed by atoms with Crippen molar-refractivity contribution >= 4 is 21.8 Å². The van der Waals surface area contributed by atoms with E-state index in [0.717, 1.165) is 56.4 Å². The molecule has 0 fully saturated rings. The standard InChI is InChI=1S/C38H32N4O.Pt/c1-5-25(2)29-17-20-35-34(22-29)33-19-18-32(24-36(33)41(35)37-16-9-10-21-39-37)43-31-15-11-14-30(23-31)42-27(4)38(26(3)40-42)28-12-7-6-8-13-28;/h6-22,25H,5H2,1-4H3;/q-2;+2/i9D;.